The topological polar surface area (TPSA) is 115 Å². The highest BCUT2D eigenvalue weighted by Gasteiger charge is 2.32. The molecule has 1 aromatic heterocycles. The number of hydrogen-bond acceptors (Lipinski definition) is 8. The lowest BCUT2D eigenvalue weighted by Crippen LogP contribution is -2.47. The molecule has 1 aliphatic rings. The summed E-state index contributed by atoms with van der Waals surface area (Å²) in [7, 11) is 0. The van der Waals surface area contributed by atoms with Gasteiger partial charge in [0.2, 0.25) is 0 Å². The zero-order valence-corrected chi connectivity index (χ0v) is 12.3. The fourth-order valence-corrected chi connectivity index (χ4v) is 2.25. The van der Waals surface area contributed by atoms with E-state index < -0.39 is 5.54 Å². The van der Waals surface area contributed by atoms with Gasteiger partial charge in [-0.15, -0.1) is 0 Å². The summed E-state index contributed by atoms with van der Waals surface area (Å²) in [5.74, 6) is 7.09. The number of hydrazine groups is 1. The molecular formula is C13H23N5O3. The Balaban J connectivity index is 2.16. The van der Waals surface area contributed by atoms with Crippen LogP contribution in [0.25, 0.3) is 0 Å². The van der Waals surface area contributed by atoms with E-state index in [-0.39, 0.29) is 6.61 Å². The number of aromatic nitrogens is 2. The molecule has 0 bridgehead atoms. The fourth-order valence-electron chi connectivity index (χ4n) is 2.25. The van der Waals surface area contributed by atoms with Crippen molar-refractivity contribution in [1.82, 2.24) is 9.97 Å². The highest BCUT2D eigenvalue weighted by Crippen LogP contribution is 2.25. The summed E-state index contributed by atoms with van der Waals surface area (Å²) in [5.41, 5.74) is 2.10. The van der Waals surface area contributed by atoms with Crippen LogP contribution in [0.3, 0.4) is 0 Å². The van der Waals surface area contributed by atoms with Gasteiger partial charge in [-0.1, -0.05) is 0 Å². The van der Waals surface area contributed by atoms with Crippen molar-refractivity contribution in [2.24, 2.45) is 5.84 Å². The molecule has 118 valence electrons. The SMILES string of the molecule is CCOCc1nc(NN)cc(NC2(CO)CCOCC2)n1. The van der Waals surface area contributed by atoms with Crippen LogP contribution in [0.5, 0.6) is 0 Å². The Hall–Kier alpha value is -1.48. The molecule has 8 nitrogen and oxygen atoms in total. The molecule has 0 amide bonds. The minimum Gasteiger partial charge on any atom is -0.394 e. The molecule has 1 aliphatic heterocycles. The Morgan fingerprint density at radius 3 is 2.71 bits per heavy atom. The van der Waals surface area contributed by atoms with E-state index in [1.807, 2.05) is 6.92 Å². The first-order valence-corrected chi connectivity index (χ1v) is 7.10. The van der Waals surface area contributed by atoms with E-state index >= 15 is 0 Å². The largest absolute Gasteiger partial charge is 0.394 e. The highest BCUT2D eigenvalue weighted by molar-refractivity contribution is 5.48. The zero-order chi connectivity index (χ0) is 15.1. The predicted octanol–water partition coefficient (Wildman–Crippen LogP) is 0.252. The minimum atomic E-state index is -0.415. The van der Waals surface area contributed by atoms with E-state index in [1.165, 1.54) is 0 Å². The molecule has 1 saturated heterocycles. The third-order valence-corrected chi connectivity index (χ3v) is 3.50. The molecule has 0 aliphatic carbocycles. The van der Waals surface area contributed by atoms with Gasteiger partial charge >= 0.3 is 0 Å². The Morgan fingerprint density at radius 1 is 1.38 bits per heavy atom. The molecule has 0 radical (unpaired) electrons. The molecule has 0 unspecified atom stereocenters. The lowest BCUT2D eigenvalue weighted by Gasteiger charge is -2.36. The lowest BCUT2D eigenvalue weighted by atomic mass is 9.91. The first-order chi connectivity index (χ1) is 10.2. The van der Waals surface area contributed by atoms with Gasteiger partial charge in [0.25, 0.3) is 0 Å². The van der Waals surface area contributed by atoms with Gasteiger partial charge in [0.05, 0.1) is 12.1 Å². The molecule has 2 heterocycles. The van der Waals surface area contributed by atoms with Crippen LogP contribution in [0.4, 0.5) is 11.6 Å². The van der Waals surface area contributed by atoms with E-state index in [9.17, 15) is 5.11 Å². The first-order valence-electron chi connectivity index (χ1n) is 7.10. The van der Waals surface area contributed by atoms with Gasteiger partial charge in [-0.3, -0.25) is 0 Å². The van der Waals surface area contributed by atoms with Crippen molar-refractivity contribution in [3.8, 4) is 0 Å². The molecule has 1 fully saturated rings. The van der Waals surface area contributed by atoms with Crippen molar-refractivity contribution >= 4 is 11.6 Å². The van der Waals surface area contributed by atoms with Crippen LogP contribution in [-0.2, 0) is 16.1 Å². The number of nitrogens with one attached hydrogen (secondary N) is 2. The molecule has 5 N–H and O–H groups in total. The van der Waals surface area contributed by atoms with E-state index in [0.29, 0.717) is 43.9 Å². The van der Waals surface area contributed by atoms with Gasteiger partial charge < -0.3 is 25.3 Å². The maximum atomic E-state index is 9.71. The third kappa shape index (κ3) is 4.24. The van der Waals surface area contributed by atoms with Crippen molar-refractivity contribution in [2.45, 2.75) is 31.9 Å². The van der Waals surface area contributed by atoms with Gasteiger partial charge in [0.1, 0.15) is 18.2 Å². The maximum absolute atomic E-state index is 9.71. The van der Waals surface area contributed by atoms with Crippen LogP contribution >= 0.6 is 0 Å². The molecule has 0 aromatic carbocycles. The first kappa shape index (κ1) is 15.9. The average Bonchev–Trinajstić information content (AvgIpc) is 2.53. The van der Waals surface area contributed by atoms with E-state index in [4.69, 9.17) is 15.3 Å². The maximum Gasteiger partial charge on any atom is 0.158 e. The van der Waals surface area contributed by atoms with Gasteiger partial charge in [-0.25, -0.2) is 15.8 Å². The molecule has 0 saturated carbocycles. The van der Waals surface area contributed by atoms with E-state index in [1.54, 1.807) is 6.07 Å². The molecule has 2 rings (SSSR count). The molecular weight excluding hydrogens is 274 g/mol. The van der Waals surface area contributed by atoms with Crippen molar-refractivity contribution in [3.05, 3.63) is 11.9 Å². The second kappa shape index (κ2) is 7.51. The van der Waals surface area contributed by atoms with Gasteiger partial charge in [-0.2, -0.15) is 0 Å². The zero-order valence-electron chi connectivity index (χ0n) is 12.3. The van der Waals surface area contributed by atoms with Crippen LogP contribution in [0.2, 0.25) is 0 Å². The standard InChI is InChI=1S/C13H23N5O3/c1-2-20-8-12-15-10(7-11(16-12)18-14)17-13(9-19)3-5-21-6-4-13/h7,19H,2-6,8-9,14H2,1H3,(H2,15,16,17,18). The molecule has 0 atom stereocenters. The van der Waals surface area contributed by atoms with Crippen molar-refractivity contribution in [1.29, 1.82) is 0 Å². The van der Waals surface area contributed by atoms with Gasteiger partial charge in [0, 0.05) is 25.9 Å². The quantitative estimate of drug-likeness (QED) is 0.418. The van der Waals surface area contributed by atoms with Crippen LogP contribution in [-0.4, -0.2) is 47.0 Å². The molecule has 21 heavy (non-hydrogen) atoms. The molecule has 8 heteroatoms. The summed E-state index contributed by atoms with van der Waals surface area (Å²) in [6.07, 6.45) is 1.44. The number of hydrogen-bond donors (Lipinski definition) is 4. The van der Waals surface area contributed by atoms with Crippen LogP contribution < -0.4 is 16.6 Å². The smallest absolute Gasteiger partial charge is 0.158 e. The summed E-state index contributed by atoms with van der Waals surface area (Å²) < 4.78 is 10.7. The predicted molar refractivity (Wildman–Crippen MR) is 78.7 cm³/mol. The Kier molecular flexibility index (Phi) is 5.68. The Bertz CT molecular complexity index is 451. The highest BCUT2D eigenvalue weighted by atomic mass is 16.5. The number of aliphatic hydroxyl groups is 1. The lowest BCUT2D eigenvalue weighted by molar-refractivity contribution is 0.0378. The molecule has 0 spiro atoms. The summed E-state index contributed by atoms with van der Waals surface area (Å²) in [6.45, 7) is 4.07. The Labute approximate surface area is 124 Å². The van der Waals surface area contributed by atoms with E-state index in [2.05, 4.69) is 20.7 Å². The molecule has 1 aromatic rings. The second-order valence-corrected chi connectivity index (χ2v) is 5.01. The minimum absolute atomic E-state index is 0.0204. The number of nitrogen functional groups attached to an aromatic ring is 1. The number of rotatable bonds is 7. The number of anilines is 2. The van der Waals surface area contributed by atoms with Gasteiger partial charge in [0.15, 0.2) is 5.82 Å². The number of nitrogens with zero attached hydrogens (tertiary/aromatic N) is 2. The summed E-state index contributed by atoms with van der Waals surface area (Å²) in [4.78, 5) is 8.64. The van der Waals surface area contributed by atoms with E-state index in [0.717, 1.165) is 12.8 Å². The summed E-state index contributed by atoms with van der Waals surface area (Å²) in [5, 5.41) is 13.0. The summed E-state index contributed by atoms with van der Waals surface area (Å²) in [6, 6.07) is 1.71. The number of ether oxygens (including phenoxy) is 2. The third-order valence-electron chi connectivity index (χ3n) is 3.50. The Morgan fingerprint density at radius 2 is 2.10 bits per heavy atom. The van der Waals surface area contributed by atoms with Gasteiger partial charge in [-0.05, 0) is 19.8 Å². The van der Waals surface area contributed by atoms with Crippen molar-refractivity contribution in [2.75, 3.05) is 37.2 Å². The number of nitrogens with two attached hydrogens (primary N) is 1. The van der Waals surface area contributed by atoms with Crippen molar-refractivity contribution < 1.29 is 14.6 Å². The van der Waals surface area contributed by atoms with Crippen LogP contribution in [0, 0.1) is 0 Å². The second-order valence-electron chi connectivity index (χ2n) is 5.01. The van der Waals surface area contributed by atoms with Crippen LogP contribution in [0.15, 0.2) is 6.07 Å². The number of aliphatic hydroxyl groups excluding tert-OH is 1. The monoisotopic (exact) mass is 297 g/mol. The van der Waals surface area contributed by atoms with Crippen LogP contribution in [0.1, 0.15) is 25.6 Å². The summed E-state index contributed by atoms with van der Waals surface area (Å²) >= 11 is 0. The van der Waals surface area contributed by atoms with Crippen molar-refractivity contribution in [3.63, 3.8) is 0 Å². The normalized spacial score (nSPS) is 17.5. The average molecular weight is 297 g/mol. The fraction of sp³-hybridized carbons (Fsp3) is 0.692.